The van der Waals surface area contributed by atoms with Gasteiger partial charge in [0, 0.05) is 32.6 Å². The average molecular weight is 329 g/mol. The first-order valence-corrected chi connectivity index (χ1v) is 7.64. The Bertz CT molecular complexity index is 559. The van der Waals surface area contributed by atoms with Gasteiger partial charge in [-0.1, -0.05) is 12.5 Å². The van der Waals surface area contributed by atoms with Crippen molar-refractivity contribution in [3.8, 4) is 6.07 Å². The van der Waals surface area contributed by atoms with Crippen molar-refractivity contribution in [3.05, 3.63) is 35.1 Å². The summed E-state index contributed by atoms with van der Waals surface area (Å²) in [5, 5.41) is 12.6. The van der Waals surface area contributed by atoms with E-state index in [1.165, 1.54) is 6.07 Å². The maximum Gasteiger partial charge on any atom is 0.416 e. The summed E-state index contributed by atoms with van der Waals surface area (Å²) in [5.74, 6) is -0.900. The molecule has 7 heteroatoms. The van der Waals surface area contributed by atoms with Crippen LogP contribution in [0.4, 0.5) is 17.6 Å². The number of nitrogens with zero attached hydrogens (tertiary/aromatic N) is 3. The molecule has 1 saturated heterocycles. The van der Waals surface area contributed by atoms with E-state index in [4.69, 9.17) is 5.26 Å². The molecule has 126 valence electrons. The molecule has 1 aliphatic rings. The van der Waals surface area contributed by atoms with E-state index in [0.717, 1.165) is 38.4 Å². The van der Waals surface area contributed by atoms with E-state index < -0.39 is 17.6 Å². The van der Waals surface area contributed by atoms with Gasteiger partial charge in [-0.25, -0.2) is 14.4 Å². The van der Waals surface area contributed by atoms with Gasteiger partial charge >= 0.3 is 6.18 Å². The van der Waals surface area contributed by atoms with Gasteiger partial charge in [0.25, 0.3) is 0 Å². The molecule has 0 atom stereocenters. The Morgan fingerprint density at radius 3 is 2.48 bits per heavy atom. The number of hydrogen-bond acceptors (Lipinski definition) is 3. The summed E-state index contributed by atoms with van der Waals surface area (Å²) in [6.07, 6.45) is -1.29. The lowest BCUT2D eigenvalue weighted by Crippen LogP contribution is -2.45. The number of nitriles is 1. The van der Waals surface area contributed by atoms with Crippen LogP contribution in [0.25, 0.3) is 0 Å². The maximum atomic E-state index is 13.2. The quantitative estimate of drug-likeness (QED) is 0.766. The van der Waals surface area contributed by atoms with Gasteiger partial charge in [0.2, 0.25) is 0 Å². The molecule has 3 nitrogen and oxygen atoms in total. The fourth-order valence-electron chi connectivity index (χ4n) is 2.81. The van der Waals surface area contributed by atoms with Crippen LogP contribution in [0.1, 0.15) is 36.8 Å². The van der Waals surface area contributed by atoms with Crippen molar-refractivity contribution in [3.63, 3.8) is 0 Å². The SMILES string of the molecule is N#CCCN(Cc1ccc(F)cc1C(F)(F)F)N1CCCCC1. The summed E-state index contributed by atoms with van der Waals surface area (Å²) in [5.41, 5.74) is -0.918. The normalized spacial score (nSPS) is 16.5. The molecule has 2 rings (SSSR count). The molecule has 0 aromatic heterocycles. The summed E-state index contributed by atoms with van der Waals surface area (Å²) in [6, 6.07) is 4.79. The van der Waals surface area contributed by atoms with Gasteiger partial charge in [0.15, 0.2) is 0 Å². The second-order valence-corrected chi connectivity index (χ2v) is 5.61. The van der Waals surface area contributed by atoms with Crippen LogP contribution in [0.2, 0.25) is 0 Å². The van der Waals surface area contributed by atoms with Crippen molar-refractivity contribution in [2.75, 3.05) is 19.6 Å². The monoisotopic (exact) mass is 329 g/mol. The van der Waals surface area contributed by atoms with Crippen molar-refractivity contribution in [2.45, 2.75) is 38.4 Å². The zero-order valence-electron chi connectivity index (χ0n) is 12.7. The zero-order valence-corrected chi connectivity index (χ0v) is 12.7. The van der Waals surface area contributed by atoms with Crippen LogP contribution in [-0.4, -0.2) is 29.7 Å². The first-order valence-electron chi connectivity index (χ1n) is 7.64. The molecule has 0 unspecified atom stereocenters. The van der Waals surface area contributed by atoms with Gasteiger partial charge in [0.05, 0.1) is 11.6 Å². The van der Waals surface area contributed by atoms with Gasteiger partial charge in [-0.15, -0.1) is 0 Å². The third kappa shape index (κ3) is 4.91. The molecular weight excluding hydrogens is 310 g/mol. The largest absolute Gasteiger partial charge is 0.416 e. The highest BCUT2D eigenvalue weighted by Gasteiger charge is 2.34. The highest BCUT2D eigenvalue weighted by atomic mass is 19.4. The summed E-state index contributed by atoms with van der Waals surface area (Å²) < 4.78 is 52.6. The molecule has 23 heavy (non-hydrogen) atoms. The maximum absolute atomic E-state index is 13.2. The van der Waals surface area contributed by atoms with E-state index in [0.29, 0.717) is 12.6 Å². The van der Waals surface area contributed by atoms with Gasteiger partial charge < -0.3 is 0 Å². The van der Waals surface area contributed by atoms with Gasteiger partial charge in [-0.2, -0.15) is 18.4 Å². The lowest BCUT2D eigenvalue weighted by molar-refractivity contribution is -0.139. The van der Waals surface area contributed by atoms with Crippen molar-refractivity contribution < 1.29 is 17.6 Å². The molecule has 0 bridgehead atoms. The Labute approximate surface area is 133 Å². The van der Waals surface area contributed by atoms with Crippen LogP contribution in [0.3, 0.4) is 0 Å². The predicted octanol–water partition coefficient (Wildman–Crippen LogP) is 3.96. The first kappa shape index (κ1) is 17.7. The third-order valence-corrected chi connectivity index (χ3v) is 3.94. The lowest BCUT2D eigenvalue weighted by atomic mass is 10.1. The highest BCUT2D eigenvalue weighted by Crippen LogP contribution is 2.33. The minimum Gasteiger partial charge on any atom is -0.241 e. The van der Waals surface area contributed by atoms with E-state index in [-0.39, 0.29) is 18.5 Å². The zero-order chi connectivity index (χ0) is 16.9. The number of benzene rings is 1. The van der Waals surface area contributed by atoms with Gasteiger partial charge in [0.1, 0.15) is 5.82 Å². The molecule has 1 fully saturated rings. The average Bonchev–Trinajstić information content (AvgIpc) is 2.52. The Hall–Kier alpha value is -1.65. The van der Waals surface area contributed by atoms with Crippen molar-refractivity contribution >= 4 is 0 Å². The van der Waals surface area contributed by atoms with E-state index in [1.807, 2.05) is 11.1 Å². The Kier molecular flexibility index (Phi) is 5.97. The lowest BCUT2D eigenvalue weighted by Gasteiger charge is -2.37. The smallest absolute Gasteiger partial charge is 0.241 e. The number of hydrogen-bond donors (Lipinski definition) is 0. The fraction of sp³-hybridized carbons (Fsp3) is 0.562. The predicted molar refractivity (Wildman–Crippen MR) is 77.5 cm³/mol. The molecule has 1 aromatic rings. The van der Waals surface area contributed by atoms with Crippen LogP contribution >= 0.6 is 0 Å². The van der Waals surface area contributed by atoms with Crippen LogP contribution in [0, 0.1) is 17.1 Å². The standard InChI is InChI=1S/C16H19F4N3/c17-14-6-5-13(15(11-14)16(18,19)20)12-23(10-4-7-21)22-8-2-1-3-9-22/h5-6,11H,1-4,8-10,12H2. The summed E-state index contributed by atoms with van der Waals surface area (Å²) in [6.45, 7) is 1.93. The fourth-order valence-corrected chi connectivity index (χ4v) is 2.81. The summed E-state index contributed by atoms with van der Waals surface area (Å²) in [7, 11) is 0. The van der Waals surface area contributed by atoms with E-state index in [9.17, 15) is 17.6 Å². The second kappa shape index (κ2) is 7.75. The molecule has 0 amide bonds. The minimum atomic E-state index is -4.60. The van der Waals surface area contributed by atoms with Gasteiger partial charge in [-0.05, 0) is 30.5 Å². The number of halogens is 4. The number of piperidine rings is 1. The molecule has 1 aromatic carbocycles. The van der Waals surface area contributed by atoms with E-state index >= 15 is 0 Å². The van der Waals surface area contributed by atoms with Crippen molar-refractivity contribution in [2.24, 2.45) is 0 Å². The van der Waals surface area contributed by atoms with Crippen molar-refractivity contribution in [1.29, 1.82) is 5.26 Å². The molecule has 0 radical (unpaired) electrons. The number of alkyl halides is 3. The molecule has 0 spiro atoms. The highest BCUT2D eigenvalue weighted by molar-refractivity contribution is 5.30. The Morgan fingerprint density at radius 2 is 1.87 bits per heavy atom. The summed E-state index contributed by atoms with van der Waals surface area (Å²) >= 11 is 0. The molecule has 0 aliphatic carbocycles. The van der Waals surface area contributed by atoms with Crippen LogP contribution in [-0.2, 0) is 12.7 Å². The van der Waals surface area contributed by atoms with Crippen LogP contribution in [0.5, 0.6) is 0 Å². The number of hydrazine groups is 1. The van der Waals surface area contributed by atoms with E-state index in [1.54, 1.807) is 5.01 Å². The molecule has 1 heterocycles. The topological polar surface area (TPSA) is 30.3 Å². The third-order valence-electron chi connectivity index (χ3n) is 3.94. The summed E-state index contributed by atoms with van der Waals surface area (Å²) in [4.78, 5) is 0. The molecule has 0 saturated carbocycles. The van der Waals surface area contributed by atoms with E-state index in [2.05, 4.69) is 0 Å². The molecule has 0 N–H and O–H groups in total. The van der Waals surface area contributed by atoms with Gasteiger partial charge in [-0.3, -0.25) is 0 Å². The van der Waals surface area contributed by atoms with Crippen LogP contribution in [0.15, 0.2) is 18.2 Å². The van der Waals surface area contributed by atoms with Crippen LogP contribution < -0.4 is 0 Å². The minimum absolute atomic E-state index is 0.0246. The first-order chi connectivity index (χ1) is 10.9. The molecule has 1 aliphatic heterocycles. The second-order valence-electron chi connectivity index (χ2n) is 5.61. The number of rotatable bonds is 5. The Morgan fingerprint density at radius 1 is 1.17 bits per heavy atom. The van der Waals surface area contributed by atoms with Crippen molar-refractivity contribution in [1.82, 2.24) is 10.0 Å². The molecular formula is C16H19F4N3. The Balaban J connectivity index is 2.23.